The lowest BCUT2D eigenvalue weighted by atomic mass is 10.3. The Bertz CT molecular complexity index is 519. The molecule has 0 bridgehead atoms. The first kappa shape index (κ1) is 8.71. The van der Waals surface area contributed by atoms with Gasteiger partial charge in [-0.3, -0.25) is 9.78 Å². The molecule has 0 saturated carbocycles. The molecule has 0 fully saturated rings. The molecule has 0 aliphatic carbocycles. The number of H-pyrrole nitrogens is 1. The largest absolute Gasteiger partial charge is 0.297 e. The zero-order chi connectivity index (χ0) is 9.64. The molecule has 1 aliphatic rings. The topological polar surface area (TPSA) is 79.9 Å². The zero-order valence-electron chi connectivity index (χ0n) is 6.37. The third kappa shape index (κ3) is 1.47. The number of nitrogens with one attached hydrogen (secondary N) is 1. The van der Waals surface area contributed by atoms with Crippen LogP contribution in [-0.4, -0.2) is 18.4 Å². The van der Waals surface area contributed by atoms with E-state index in [1.807, 2.05) is 0 Å². The zero-order valence-corrected chi connectivity index (χ0v) is 7.94. The summed E-state index contributed by atoms with van der Waals surface area (Å²) in [5, 5.41) is -0.0687. The van der Waals surface area contributed by atoms with E-state index in [0.717, 1.165) is 0 Å². The molecule has 0 spiro atoms. The van der Waals surface area contributed by atoms with Crippen LogP contribution in [0.1, 0.15) is 11.3 Å². The fraction of sp³-hybridized carbons (Fsp3) is 0.333. The van der Waals surface area contributed by atoms with Gasteiger partial charge in [0.15, 0.2) is 9.84 Å². The number of hydrogen-bond acceptors (Lipinski definition) is 4. The smallest absolute Gasteiger partial charge is 0.256 e. The van der Waals surface area contributed by atoms with Gasteiger partial charge in [0.25, 0.3) is 5.56 Å². The Balaban J connectivity index is 2.72. The molecule has 1 N–H and O–H groups in total. The van der Waals surface area contributed by atoms with Crippen molar-refractivity contribution < 1.29 is 8.42 Å². The van der Waals surface area contributed by atoms with Gasteiger partial charge < -0.3 is 0 Å². The van der Waals surface area contributed by atoms with Gasteiger partial charge >= 0.3 is 0 Å². The van der Waals surface area contributed by atoms with Crippen molar-refractivity contribution >= 4 is 21.4 Å². The Labute approximate surface area is 78.7 Å². The third-order valence-corrected chi connectivity index (χ3v) is 3.41. The molecule has 1 aromatic heterocycles. The second-order valence-electron chi connectivity index (χ2n) is 2.81. The van der Waals surface area contributed by atoms with Crippen molar-refractivity contribution in [1.82, 2.24) is 9.97 Å². The number of aromatic nitrogens is 2. The van der Waals surface area contributed by atoms with Crippen molar-refractivity contribution in [2.24, 2.45) is 0 Å². The number of nitrogens with zero attached hydrogens (tertiary/aromatic N) is 1. The molecule has 0 amide bonds. The van der Waals surface area contributed by atoms with Crippen molar-refractivity contribution in [3.05, 3.63) is 26.9 Å². The van der Waals surface area contributed by atoms with E-state index >= 15 is 0 Å². The van der Waals surface area contributed by atoms with E-state index in [1.54, 1.807) is 0 Å². The van der Waals surface area contributed by atoms with Crippen LogP contribution in [0, 0.1) is 0 Å². The second-order valence-corrected chi connectivity index (χ2v) is 5.24. The molecule has 2 heterocycles. The summed E-state index contributed by atoms with van der Waals surface area (Å²) in [6.07, 6.45) is 0. The normalized spacial score (nSPS) is 18.5. The lowest BCUT2D eigenvalue weighted by Crippen LogP contribution is -2.14. The molecule has 5 nitrogen and oxygen atoms in total. The van der Waals surface area contributed by atoms with Crippen LogP contribution in [0.4, 0.5) is 0 Å². The van der Waals surface area contributed by atoms with Gasteiger partial charge in [-0.2, -0.15) is 0 Å². The predicted molar refractivity (Wildman–Crippen MR) is 46.2 cm³/mol. The van der Waals surface area contributed by atoms with E-state index in [-0.39, 0.29) is 28.0 Å². The van der Waals surface area contributed by atoms with Crippen LogP contribution in [0.3, 0.4) is 0 Å². The number of sulfone groups is 1. The molecular weight excluding hydrogens is 216 g/mol. The van der Waals surface area contributed by atoms with Crippen molar-refractivity contribution in [2.45, 2.75) is 11.5 Å². The van der Waals surface area contributed by atoms with E-state index in [9.17, 15) is 13.2 Å². The fourth-order valence-corrected chi connectivity index (χ4v) is 2.94. The van der Waals surface area contributed by atoms with Gasteiger partial charge in [-0.05, 0) is 11.6 Å². The Hall–Kier alpha value is -0.880. The summed E-state index contributed by atoms with van der Waals surface area (Å²) in [6.45, 7) is 0. The summed E-state index contributed by atoms with van der Waals surface area (Å²) >= 11 is 5.46. The maximum Gasteiger partial charge on any atom is 0.256 e. The van der Waals surface area contributed by atoms with Crippen LogP contribution in [0.2, 0.25) is 5.28 Å². The molecule has 0 unspecified atom stereocenters. The number of hydrogen-bond donors (Lipinski definition) is 1. The number of rotatable bonds is 0. The van der Waals surface area contributed by atoms with Gasteiger partial charge in [0.05, 0.1) is 22.8 Å². The highest BCUT2D eigenvalue weighted by Crippen LogP contribution is 2.20. The quantitative estimate of drug-likeness (QED) is 0.617. The van der Waals surface area contributed by atoms with Gasteiger partial charge in [0.2, 0.25) is 5.28 Å². The van der Waals surface area contributed by atoms with E-state index < -0.39 is 15.4 Å². The van der Waals surface area contributed by atoms with E-state index in [4.69, 9.17) is 11.6 Å². The van der Waals surface area contributed by atoms with Gasteiger partial charge in [-0.1, -0.05) is 0 Å². The van der Waals surface area contributed by atoms with Gasteiger partial charge in [-0.15, -0.1) is 0 Å². The highest BCUT2D eigenvalue weighted by Gasteiger charge is 2.28. The minimum absolute atomic E-state index is 0.0687. The molecule has 0 saturated heterocycles. The van der Waals surface area contributed by atoms with Gasteiger partial charge in [0, 0.05) is 0 Å². The molecule has 1 aliphatic heterocycles. The summed E-state index contributed by atoms with van der Waals surface area (Å²) in [7, 11) is -3.19. The number of aromatic amines is 1. The first-order valence-corrected chi connectivity index (χ1v) is 5.66. The molecule has 0 aromatic carbocycles. The summed E-state index contributed by atoms with van der Waals surface area (Å²) in [5.41, 5.74) is 0.0224. The SMILES string of the molecule is O=c1[nH]c(Cl)nc2c1CS(=O)(=O)C2. The molecule has 0 radical (unpaired) electrons. The third-order valence-electron chi connectivity index (χ3n) is 1.79. The molecule has 13 heavy (non-hydrogen) atoms. The van der Waals surface area contributed by atoms with Crippen LogP contribution >= 0.6 is 11.6 Å². The minimum atomic E-state index is -3.19. The van der Waals surface area contributed by atoms with Crippen LogP contribution in [0.15, 0.2) is 4.79 Å². The van der Waals surface area contributed by atoms with E-state index in [1.165, 1.54) is 0 Å². The van der Waals surface area contributed by atoms with Crippen molar-refractivity contribution in [1.29, 1.82) is 0 Å². The molecule has 0 atom stereocenters. The summed E-state index contributed by atoms with van der Waals surface area (Å²) in [6, 6.07) is 0. The van der Waals surface area contributed by atoms with Crippen LogP contribution in [0.5, 0.6) is 0 Å². The minimum Gasteiger partial charge on any atom is -0.297 e. The molecule has 7 heteroatoms. The second kappa shape index (κ2) is 2.55. The first-order chi connectivity index (χ1) is 5.98. The van der Waals surface area contributed by atoms with Crippen molar-refractivity contribution in [3.63, 3.8) is 0 Å². The highest BCUT2D eigenvalue weighted by atomic mass is 35.5. The Morgan fingerprint density at radius 2 is 2.08 bits per heavy atom. The highest BCUT2D eigenvalue weighted by molar-refractivity contribution is 7.90. The van der Waals surface area contributed by atoms with Gasteiger partial charge in [-0.25, -0.2) is 13.4 Å². The number of halogens is 1. The maximum atomic E-state index is 11.2. The van der Waals surface area contributed by atoms with Crippen molar-refractivity contribution in [2.75, 3.05) is 0 Å². The lowest BCUT2D eigenvalue weighted by Gasteiger charge is -1.93. The monoisotopic (exact) mass is 220 g/mol. The summed E-state index contributed by atoms with van der Waals surface area (Å²) < 4.78 is 22.2. The van der Waals surface area contributed by atoms with E-state index in [0.29, 0.717) is 0 Å². The lowest BCUT2D eigenvalue weighted by molar-refractivity contribution is 0.597. The van der Waals surface area contributed by atoms with Crippen LogP contribution in [0.25, 0.3) is 0 Å². The predicted octanol–water partition coefficient (Wildman–Crippen LogP) is -0.148. The maximum absolute atomic E-state index is 11.2. The van der Waals surface area contributed by atoms with Crippen LogP contribution < -0.4 is 5.56 Å². The summed E-state index contributed by atoms with van der Waals surface area (Å²) in [5.74, 6) is -0.423. The Morgan fingerprint density at radius 1 is 1.38 bits per heavy atom. The molecule has 2 rings (SSSR count). The van der Waals surface area contributed by atoms with E-state index in [2.05, 4.69) is 9.97 Å². The Kier molecular flexibility index (Phi) is 1.71. The summed E-state index contributed by atoms with van der Waals surface area (Å²) in [4.78, 5) is 17.2. The molecular formula is C6H5ClN2O3S. The van der Waals surface area contributed by atoms with Crippen molar-refractivity contribution in [3.8, 4) is 0 Å². The van der Waals surface area contributed by atoms with Crippen LogP contribution in [-0.2, 0) is 21.3 Å². The first-order valence-electron chi connectivity index (χ1n) is 3.46. The fourth-order valence-electron chi connectivity index (χ4n) is 1.26. The van der Waals surface area contributed by atoms with Gasteiger partial charge in [0.1, 0.15) is 0 Å². The molecule has 70 valence electrons. The number of fused-ring (bicyclic) bond motifs is 1. The average molecular weight is 221 g/mol. The molecule has 1 aromatic rings. The Morgan fingerprint density at radius 3 is 2.77 bits per heavy atom. The average Bonchev–Trinajstić information content (AvgIpc) is 2.23. The standard InChI is InChI=1S/C6H5ClN2O3S/c7-6-8-4-2-13(11,12)1-3(4)5(10)9-6/h1-2H2,(H,8,9,10).